The summed E-state index contributed by atoms with van der Waals surface area (Å²) in [6, 6.07) is 11.9. The molecular weight excluding hydrogens is 542 g/mol. The second-order valence-corrected chi connectivity index (χ2v) is 10.8. The van der Waals surface area contributed by atoms with Crippen LogP contribution in [0.3, 0.4) is 0 Å². The molecule has 0 radical (unpaired) electrons. The van der Waals surface area contributed by atoms with Crippen molar-refractivity contribution >= 4 is 16.5 Å². The first-order valence-corrected chi connectivity index (χ1v) is 14.7. The molecule has 41 heavy (non-hydrogen) atoms. The van der Waals surface area contributed by atoms with Crippen LogP contribution in [0.15, 0.2) is 107 Å². The highest BCUT2D eigenvalue weighted by Gasteiger charge is 2.12. The minimum absolute atomic E-state index is 0.0585. The highest BCUT2D eigenvalue weighted by Crippen LogP contribution is 2.27. The fourth-order valence-electron chi connectivity index (χ4n) is 3.95. The Bertz CT molecular complexity index is 1370. The molecule has 1 N–H and O–H groups in total. The van der Waals surface area contributed by atoms with Gasteiger partial charge < -0.3 is 9.46 Å². The van der Waals surface area contributed by atoms with Crippen molar-refractivity contribution in [2.75, 3.05) is 19.7 Å². The van der Waals surface area contributed by atoms with Gasteiger partial charge in [-0.25, -0.2) is 8.78 Å². The Morgan fingerprint density at radius 3 is 2.78 bits per heavy atom. The molecule has 0 fully saturated rings. The van der Waals surface area contributed by atoms with Crippen molar-refractivity contribution in [2.45, 2.75) is 44.2 Å². The van der Waals surface area contributed by atoms with Gasteiger partial charge in [0.25, 0.3) is 0 Å². The fraction of sp³-hybridized carbons (Fsp3) is 0.290. The molecule has 0 aliphatic rings. The van der Waals surface area contributed by atoms with Crippen LogP contribution in [0.1, 0.15) is 31.4 Å². The van der Waals surface area contributed by atoms with E-state index in [0.29, 0.717) is 44.0 Å². The summed E-state index contributed by atoms with van der Waals surface area (Å²) in [5, 5.41) is 14.7. The summed E-state index contributed by atoms with van der Waals surface area (Å²) in [4.78, 5) is 0.569. The fourth-order valence-corrected chi connectivity index (χ4v) is 5.00. The first-order chi connectivity index (χ1) is 19.8. The van der Waals surface area contributed by atoms with Crippen molar-refractivity contribution < 1.29 is 13.5 Å². The molecule has 218 valence electrons. The van der Waals surface area contributed by atoms with Gasteiger partial charge >= 0.3 is 0 Å². The van der Waals surface area contributed by atoms with Crippen molar-refractivity contribution in [3.8, 4) is 5.75 Å². The summed E-state index contributed by atoms with van der Waals surface area (Å²) >= 11 is 0. The number of rotatable bonds is 17. The normalized spacial score (nSPS) is 12.9. The predicted molar refractivity (Wildman–Crippen MR) is 164 cm³/mol. The number of halogens is 2. The molecule has 0 saturated carbocycles. The second kappa shape index (κ2) is 16.3. The summed E-state index contributed by atoms with van der Waals surface area (Å²) in [5.74, 6) is 3.05. The van der Waals surface area contributed by atoms with Crippen LogP contribution in [0, 0.1) is 11.6 Å². The van der Waals surface area contributed by atoms with Crippen LogP contribution in [-0.2, 0) is 13.0 Å². The van der Waals surface area contributed by atoms with E-state index in [1.54, 1.807) is 12.3 Å². The highest BCUT2D eigenvalue weighted by molar-refractivity contribution is 8.12. The predicted octanol–water partition coefficient (Wildman–Crippen LogP) is 7.12. The Morgan fingerprint density at radius 2 is 2.07 bits per heavy atom. The maximum absolute atomic E-state index is 13.7. The number of nitrogens with one attached hydrogen (secondary N) is 1. The van der Waals surface area contributed by atoms with Gasteiger partial charge in [-0.1, -0.05) is 58.7 Å². The van der Waals surface area contributed by atoms with Gasteiger partial charge in [0, 0.05) is 23.0 Å². The molecular formula is C31H38F2N6OS. The molecule has 0 bridgehead atoms. The maximum Gasteiger partial charge on any atom is 0.159 e. The first-order valence-electron chi connectivity index (χ1n) is 13.3. The van der Waals surface area contributed by atoms with Gasteiger partial charge in [-0.3, -0.25) is 9.69 Å². The summed E-state index contributed by atoms with van der Waals surface area (Å²) in [5.41, 5.74) is 2.83. The molecule has 0 aliphatic heterocycles. The molecule has 10 heteroatoms. The standard InChI is InChI=1S/C31H38F2N6OS/c1-6-9-25(4)39(37-34-16-7-2)19-20-40-31-21-26(23-38-18-8-17-35-38)11-13-27(31)12-10-24(3)36-41(5)28-14-15-29(32)30(33)22-28/h6-9,11,13-15,17-18,21-22,25,36H,2-3,5,10,12,16,19-20,23H2,1,4H3/b9-6-,37-34?. The van der Waals surface area contributed by atoms with Crippen molar-refractivity contribution in [1.82, 2.24) is 19.5 Å². The number of aromatic nitrogens is 2. The maximum atomic E-state index is 13.7. The molecule has 3 aromatic rings. The van der Waals surface area contributed by atoms with Crippen LogP contribution in [0.5, 0.6) is 5.75 Å². The van der Waals surface area contributed by atoms with Crippen LogP contribution in [0.25, 0.3) is 0 Å². The van der Waals surface area contributed by atoms with E-state index in [0.717, 1.165) is 34.7 Å². The van der Waals surface area contributed by atoms with Crippen LogP contribution in [0.4, 0.5) is 8.78 Å². The third kappa shape index (κ3) is 10.1. The lowest BCUT2D eigenvalue weighted by atomic mass is 10.0. The lowest BCUT2D eigenvalue weighted by Gasteiger charge is -2.23. The Hall–Kier alpha value is -4.05. The zero-order valence-corrected chi connectivity index (χ0v) is 24.5. The average Bonchev–Trinajstić information content (AvgIpc) is 3.46. The van der Waals surface area contributed by atoms with Crippen molar-refractivity contribution in [1.29, 1.82) is 0 Å². The summed E-state index contributed by atoms with van der Waals surface area (Å²) in [6.07, 6.45) is 10.7. The van der Waals surface area contributed by atoms with Crippen molar-refractivity contribution in [3.63, 3.8) is 0 Å². The molecule has 1 heterocycles. The molecule has 0 aliphatic carbocycles. The minimum atomic E-state index is -0.895. The molecule has 0 saturated heterocycles. The van der Waals surface area contributed by atoms with E-state index in [4.69, 9.17) is 4.74 Å². The van der Waals surface area contributed by atoms with E-state index in [1.807, 2.05) is 41.0 Å². The molecule has 3 rings (SSSR count). The topological polar surface area (TPSA) is 67.0 Å². The first kappa shape index (κ1) is 31.5. The van der Waals surface area contributed by atoms with E-state index >= 15 is 0 Å². The number of benzene rings is 2. The largest absolute Gasteiger partial charge is 0.491 e. The number of nitrogens with zero attached hydrogens (tertiary/aromatic N) is 5. The number of allylic oxidation sites excluding steroid dienone is 2. The summed E-state index contributed by atoms with van der Waals surface area (Å²) in [6.45, 7) is 13.9. The monoisotopic (exact) mass is 580 g/mol. The molecule has 1 aromatic heterocycles. The van der Waals surface area contributed by atoms with Crippen molar-refractivity contribution in [2.24, 2.45) is 10.3 Å². The number of hydrogen-bond donors (Lipinski definition) is 1. The van der Waals surface area contributed by atoms with Crippen LogP contribution in [0.2, 0.25) is 0 Å². The van der Waals surface area contributed by atoms with Gasteiger partial charge in [-0.2, -0.15) is 10.2 Å². The Balaban J connectivity index is 1.69. The van der Waals surface area contributed by atoms with E-state index in [-0.39, 0.29) is 6.04 Å². The molecule has 0 amide bonds. The highest BCUT2D eigenvalue weighted by atomic mass is 32.2. The van der Waals surface area contributed by atoms with Gasteiger partial charge in [0.15, 0.2) is 11.6 Å². The van der Waals surface area contributed by atoms with Crippen LogP contribution >= 0.6 is 10.7 Å². The van der Waals surface area contributed by atoms with Crippen LogP contribution < -0.4 is 9.46 Å². The zero-order chi connectivity index (χ0) is 29.6. The molecule has 0 spiro atoms. The average molecular weight is 581 g/mol. The minimum Gasteiger partial charge on any atom is -0.491 e. The van der Waals surface area contributed by atoms with Crippen LogP contribution in [-0.4, -0.2) is 46.4 Å². The third-order valence-electron chi connectivity index (χ3n) is 6.08. The quantitative estimate of drug-likeness (QED) is 0.0799. The summed E-state index contributed by atoms with van der Waals surface area (Å²) < 4.78 is 38.4. The Labute approximate surface area is 244 Å². The molecule has 2 unspecified atom stereocenters. The SMILES string of the molecule is C=CCN=NN(CCOc1cc(Cn2cccn2)ccc1CCC(=C)NS(=C)c1ccc(F)c(F)c1)C(C)/C=C\C. The zero-order valence-electron chi connectivity index (χ0n) is 23.7. The van der Waals surface area contributed by atoms with Gasteiger partial charge in [0.2, 0.25) is 0 Å². The van der Waals surface area contributed by atoms with E-state index in [2.05, 4.69) is 64.3 Å². The van der Waals surface area contributed by atoms with E-state index in [9.17, 15) is 8.78 Å². The summed E-state index contributed by atoms with van der Waals surface area (Å²) in [7, 11) is -0.772. The van der Waals surface area contributed by atoms with E-state index in [1.165, 1.54) is 6.07 Å². The number of hydrogen-bond acceptors (Lipinski definition) is 5. The molecule has 7 nitrogen and oxygen atoms in total. The smallest absolute Gasteiger partial charge is 0.159 e. The van der Waals surface area contributed by atoms with Gasteiger partial charge in [-0.15, -0.1) is 6.58 Å². The number of ether oxygens (including phenoxy) is 1. The third-order valence-corrected chi connectivity index (χ3v) is 7.44. The Kier molecular flexibility index (Phi) is 12.5. The second-order valence-electron chi connectivity index (χ2n) is 9.30. The van der Waals surface area contributed by atoms with Crippen molar-refractivity contribution in [3.05, 3.63) is 115 Å². The molecule has 2 aromatic carbocycles. The molecule has 2 atom stereocenters. The van der Waals surface area contributed by atoms with Gasteiger partial charge in [-0.05, 0) is 68.1 Å². The van der Waals surface area contributed by atoms with Gasteiger partial charge in [0.1, 0.15) is 12.4 Å². The lowest BCUT2D eigenvalue weighted by Crippen LogP contribution is -2.30. The lowest BCUT2D eigenvalue weighted by molar-refractivity contribution is 0.182. The van der Waals surface area contributed by atoms with E-state index < -0.39 is 22.3 Å². The number of aryl methyl sites for hydroxylation is 1. The van der Waals surface area contributed by atoms with Gasteiger partial charge in [0.05, 0.1) is 25.7 Å². The Morgan fingerprint density at radius 1 is 1.24 bits per heavy atom.